The first-order chi connectivity index (χ1) is 6.36. The van der Waals surface area contributed by atoms with Gasteiger partial charge in [0.25, 0.3) is 11.6 Å². The topological polar surface area (TPSA) is 55.0 Å². The van der Waals surface area contributed by atoms with Crippen molar-refractivity contribution in [1.29, 1.82) is 0 Å². The lowest BCUT2D eigenvalue weighted by Gasteiger charge is -2.08. The predicted molar refractivity (Wildman–Crippen MR) is 41.1 cm³/mol. The summed E-state index contributed by atoms with van der Waals surface area (Å²) in [5.74, 6) is 0. The molecule has 0 aliphatic rings. The van der Waals surface area contributed by atoms with Crippen molar-refractivity contribution < 1.29 is 17.9 Å². The molecule has 78 valence electrons. The highest BCUT2D eigenvalue weighted by atomic mass is 19.4. The first-order valence-corrected chi connectivity index (χ1v) is 3.58. The highest BCUT2D eigenvalue weighted by Gasteiger charge is 2.36. The molecule has 0 saturated carbocycles. The molecule has 0 saturated heterocycles. The van der Waals surface area contributed by atoms with E-state index >= 15 is 0 Å². The SMILES string of the molecule is COc1nc(C(F)(F)F)c(C)c(=O)[nH]1. The normalized spacial score (nSPS) is 11.5. The Morgan fingerprint density at radius 3 is 2.43 bits per heavy atom. The maximum absolute atomic E-state index is 12.3. The van der Waals surface area contributed by atoms with Crippen LogP contribution in [0.25, 0.3) is 0 Å². The number of aromatic nitrogens is 2. The van der Waals surface area contributed by atoms with Gasteiger partial charge in [0.05, 0.1) is 7.11 Å². The summed E-state index contributed by atoms with van der Waals surface area (Å²) in [7, 11) is 1.12. The van der Waals surface area contributed by atoms with Gasteiger partial charge in [0.1, 0.15) is 0 Å². The van der Waals surface area contributed by atoms with Gasteiger partial charge in [0, 0.05) is 5.56 Å². The van der Waals surface area contributed by atoms with Crippen LogP contribution in [0.5, 0.6) is 6.01 Å². The van der Waals surface area contributed by atoms with Crippen LogP contribution in [0, 0.1) is 6.92 Å². The number of ether oxygens (including phenoxy) is 1. The summed E-state index contributed by atoms with van der Waals surface area (Å²) in [4.78, 5) is 16.2. The summed E-state index contributed by atoms with van der Waals surface area (Å²) in [6.07, 6.45) is -4.65. The summed E-state index contributed by atoms with van der Waals surface area (Å²) < 4.78 is 41.2. The van der Waals surface area contributed by atoms with Gasteiger partial charge >= 0.3 is 6.18 Å². The van der Waals surface area contributed by atoms with E-state index in [2.05, 4.69) is 9.72 Å². The van der Waals surface area contributed by atoms with Crippen LogP contribution < -0.4 is 10.3 Å². The average molecular weight is 208 g/mol. The Labute approximate surface area is 76.7 Å². The minimum absolute atomic E-state index is 0.451. The molecule has 0 spiro atoms. The molecule has 0 aliphatic heterocycles. The molecule has 1 rings (SSSR count). The van der Waals surface area contributed by atoms with Crippen LogP contribution in [0.4, 0.5) is 13.2 Å². The molecule has 7 heteroatoms. The highest BCUT2D eigenvalue weighted by Crippen LogP contribution is 2.29. The van der Waals surface area contributed by atoms with Gasteiger partial charge in [-0.05, 0) is 6.92 Å². The summed E-state index contributed by atoms with van der Waals surface area (Å²) in [6, 6.07) is -0.451. The third-order valence-corrected chi connectivity index (χ3v) is 1.59. The zero-order valence-electron chi connectivity index (χ0n) is 7.40. The second-order valence-electron chi connectivity index (χ2n) is 2.55. The third-order valence-electron chi connectivity index (χ3n) is 1.59. The van der Waals surface area contributed by atoms with E-state index in [1.807, 2.05) is 4.98 Å². The van der Waals surface area contributed by atoms with Gasteiger partial charge in [-0.1, -0.05) is 0 Å². The van der Waals surface area contributed by atoms with Gasteiger partial charge in [-0.2, -0.15) is 18.2 Å². The van der Waals surface area contributed by atoms with Crippen LogP contribution in [0.2, 0.25) is 0 Å². The predicted octanol–water partition coefficient (Wildman–Crippen LogP) is 1.11. The van der Waals surface area contributed by atoms with Crippen molar-refractivity contribution in [1.82, 2.24) is 9.97 Å². The number of alkyl halides is 3. The summed E-state index contributed by atoms with van der Waals surface area (Å²) in [5.41, 5.74) is -2.56. The van der Waals surface area contributed by atoms with Gasteiger partial charge in [0.15, 0.2) is 5.69 Å². The molecule has 1 aromatic heterocycles. The molecular formula is C7H7F3N2O2. The van der Waals surface area contributed by atoms with E-state index in [1.54, 1.807) is 0 Å². The minimum atomic E-state index is -4.65. The maximum atomic E-state index is 12.3. The summed E-state index contributed by atoms with van der Waals surface area (Å²) >= 11 is 0. The first kappa shape index (κ1) is 10.6. The van der Waals surface area contributed by atoms with Crippen molar-refractivity contribution >= 4 is 0 Å². The fourth-order valence-electron chi connectivity index (χ4n) is 0.884. The lowest BCUT2D eigenvalue weighted by Crippen LogP contribution is -2.21. The van der Waals surface area contributed by atoms with Crippen molar-refractivity contribution in [2.75, 3.05) is 7.11 Å². The number of methoxy groups -OCH3 is 1. The molecular weight excluding hydrogens is 201 g/mol. The van der Waals surface area contributed by atoms with Crippen LogP contribution >= 0.6 is 0 Å². The maximum Gasteiger partial charge on any atom is 0.434 e. The zero-order valence-corrected chi connectivity index (χ0v) is 7.40. The molecule has 1 aromatic rings. The molecule has 0 atom stereocenters. The van der Waals surface area contributed by atoms with E-state index in [-0.39, 0.29) is 0 Å². The van der Waals surface area contributed by atoms with Crippen LogP contribution in [0.3, 0.4) is 0 Å². The van der Waals surface area contributed by atoms with Gasteiger partial charge < -0.3 is 4.74 Å². The van der Waals surface area contributed by atoms with E-state index in [0.717, 1.165) is 14.0 Å². The Morgan fingerprint density at radius 2 is 2.00 bits per heavy atom. The summed E-state index contributed by atoms with van der Waals surface area (Å²) in [6.45, 7) is 1.05. The molecule has 0 fully saturated rings. The first-order valence-electron chi connectivity index (χ1n) is 3.58. The number of hydrogen-bond acceptors (Lipinski definition) is 3. The number of nitrogens with one attached hydrogen (secondary N) is 1. The highest BCUT2D eigenvalue weighted by molar-refractivity contribution is 5.20. The molecule has 14 heavy (non-hydrogen) atoms. The van der Waals surface area contributed by atoms with Gasteiger partial charge in [0.2, 0.25) is 0 Å². The molecule has 4 nitrogen and oxygen atoms in total. The van der Waals surface area contributed by atoms with E-state index in [0.29, 0.717) is 0 Å². The number of rotatable bonds is 1. The molecule has 0 bridgehead atoms. The standard InChI is InChI=1S/C7H7F3N2O2/c1-3-4(7(8,9)10)11-6(14-2)12-5(3)13/h1-2H3,(H,11,12,13). The van der Waals surface area contributed by atoms with Gasteiger partial charge in [-0.3, -0.25) is 9.78 Å². The third kappa shape index (κ3) is 1.86. The summed E-state index contributed by atoms with van der Waals surface area (Å²) in [5, 5.41) is 0. The van der Waals surface area contributed by atoms with Crippen LogP contribution in [0.1, 0.15) is 11.3 Å². The van der Waals surface area contributed by atoms with Crippen molar-refractivity contribution in [2.45, 2.75) is 13.1 Å². The molecule has 0 unspecified atom stereocenters. The lowest BCUT2D eigenvalue weighted by atomic mass is 10.2. The van der Waals surface area contributed by atoms with Crippen LogP contribution in [-0.4, -0.2) is 17.1 Å². The number of H-pyrrole nitrogens is 1. The number of halogens is 3. The van der Waals surface area contributed by atoms with Gasteiger partial charge in [-0.25, -0.2) is 0 Å². The van der Waals surface area contributed by atoms with Crippen molar-refractivity contribution in [2.24, 2.45) is 0 Å². The number of aromatic amines is 1. The Balaban J connectivity index is 3.43. The molecule has 1 heterocycles. The molecule has 0 aromatic carbocycles. The fraction of sp³-hybridized carbons (Fsp3) is 0.429. The lowest BCUT2D eigenvalue weighted by molar-refractivity contribution is -0.142. The van der Waals surface area contributed by atoms with Crippen LogP contribution in [-0.2, 0) is 6.18 Å². The van der Waals surface area contributed by atoms with Crippen molar-refractivity contribution in [3.05, 3.63) is 21.6 Å². The Kier molecular flexibility index (Phi) is 2.50. The average Bonchev–Trinajstić information content (AvgIpc) is 2.07. The number of nitrogens with zero attached hydrogens (tertiary/aromatic N) is 1. The van der Waals surface area contributed by atoms with E-state index in [4.69, 9.17) is 0 Å². The van der Waals surface area contributed by atoms with Gasteiger partial charge in [-0.15, -0.1) is 0 Å². The van der Waals surface area contributed by atoms with E-state index in [9.17, 15) is 18.0 Å². The minimum Gasteiger partial charge on any atom is -0.468 e. The zero-order chi connectivity index (χ0) is 10.9. The molecule has 0 amide bonds. The smallest absolute Gasteiger partial charge is 0.434 e. The monoisotopic (exact) mass is 208 g/mol. The van der Waals surface area contributed by atoms with E-state index < -0.39 is 29.0 Å². The second-order valence-corrected chi connectivity index (χ2v) is 2.55. The Morgan fingerprint density at radius 1 is 1.43 bits per heavy atom. The molecule has 0 aliphatic carbocycles. The molecule has 0 radical (unpaired) electrons. The largest absolute Gasteiger partial charge is 0.468 e. The Bertz CT molecular complexity index is 397. The number of hydrogen-bond donors (Lipinski definition) is 1. The quantitative estimate of drug-likeness (QED) is 0.751. The molecule has 1 N–H and O–H groups in total. The van der Waals surface area contributed by atoms with E-state index in [1.165, 1.54) is 0 Å². The second kappa shape index (κ2) is 3.32. The van der Waals surface area contributed by atoms with Crippen molar-refractivity contribution in [3.63, 3.8) is 0 Å². The van der Waals surface area contributed by atoms with Crippen molar-refractivity contribution in [3.8, 4) is 6.01 Å². The Hall–Kier alpha value is -1.53. The van der Waals surface area contributed by atoms with Crippen LogP contribution in [0.15, 0.2) is 4.79 Å². The fourth-order valence-corrected chi connectivity index (χ4v) is 0.884.